The Morgan fingerprint density at radius 1 is 1.04 bits per heavy atom. The predicted octanol–water partition coefficient (Wildman–Crippen LogP) is 8.22. The number of rotatable bonds is 11. The predicted molar refractivity (Wildman–Crippen MR) is 192 cm³/mol. The van der Waals surface area contributed by atoms with Crippen molar-refractivity contribution < 1.29 is 40.9 Å². The number of amides is 1. The Kier molecular flexibility index (Phi) is 11.7. The number of hydrogen-bond acceptors (Lipinski definition) is 9. The Bertz CT molecular complexity index is 1970. The first-order chi connectivity index (χ1) is 24.1. The van der Waals surface area contributed by atoms with Crippen molar-refractivity contribution in [3.8, 4) is 17.2 Å². The number of piperidine rings is 1. The molecular weight excluding hydrogens is 724 g/mol. The Morgan fingerprint density at radius 2 is 1.76 bits per heavy atom. The zero-order valence-electron chi connectivity index (χ0n) is 29.1. The van der Waals surface area contributed by atoms with Crippen LogP contribution in [0.2, 0.25) is 5.02 Å². The summed E-state index contributed by atoms with van der Waals surface area (Å²) in [6.07, 6.45) is 1.57. The van der Waals surface area contributed by atoms with Crippen molar-refractivity contribution in [3.63, 3.8) is 0 Å². The molecule has 1 saturated heterocycles. The summed E-state index contributed by atoms with van der Waals surface area (Å²) in [4.78, 5) is 18.6. The molecule has 0 saturated carbocycles. The largest absolute Gasteiger partial charge is 0.497 e. The van der Waals surface area contributed by atoms with Gasteiger partial charge in [0, 0.05) is 58.9 Å². The van der Waals surface area contributed by atoms with Crippen molar-refractivity contribution in [2.24, 2.45) is 5.92 Å². The molecule has 0 aliphatic carbocycles. The molecule has 0 N–H and O–H groups in total. The van der Waals surface area contributed by atoms with Gasteiger partial charge in [0.15, 0.2) is 16.7 Å². The summed E-state index contributed by atoms with van der Waals surface area (Å²) in [5, 5.41) is 0.627. The molecule has 1 amide bonds. The summed E-state index contributed by atoms with van der Waals surface area (Å²) in [5.41, 5.74) is 0.697. The standard InChI is InChI=1S/C36H40ClF2N3O7S2/c1-22-18-40-34(50-22)42(20-24-9-12-27(46-5)15-31(24)47-6)51(44,45)33-17-29(38)32(16-30(33)39)48-21-25-19-41(35(43)49-36(2,3)4)14-13-28(25)23-7-10-26(37)11-8-23/h7-12,15-18,25,28H,13-14,19-21H2,1-6H3/t25-,28-/m0/s1. The van der Waals surface area contributed by atoms with Crippen molar-refractivity contribution in [2.75, 3.05) is 38.2 Å². The molecule has 10 nitrogen and oxygen atoms in total. The van der Waals surface area contributed by atoms with E-state index in [1.165, 1.54) is 20.4 Å². The third kappa shape index (κ3) is 9.03. The summed E-state index contributed by atoms with van der Waals surface area (Å²) in [6, 6.07) is 13.5. The van der Waals surface area contributed by atoms with E-state index in [1.54, 1.807) is 62.9 Å². The maximum absolute atomic E-state index is 15.9. The second-order valence-corrected chi connectivity index (χ2v) is 16.6. The number of carbonyl (C=O) groups is 1. The van der Waals surface area contributed by atoms with Crippen molar-refractivity contribution in [2.45, 2.75) is 57.1 Å². The molecule has 51 heavy (non-hydrogen) atoms. The van der Waals surface area contributed by atoms with Gasteiger partial charge in [0.05, 0.1) is 27.4 Å². The molecule has 0 unspecified atom stereocenters. The molecule has 15 heteroatoms. The second kappa shape index (κ2) is 15.6. The van der Waals surface area contributed by atoms with Gasteiger partial charge in [-0.25, -0.2) is 31.3 Å². The van der Waals surface area contributed by atoms with Crippen LogP contribution in [0.1, 0.15) is 49.1 Å². The second-order valence-electron chi connectivity index (χ2n) is 13.1. The number of likely N-dealkylation sites (tertiary alicyclic amines) is 1. The zero-order chi connectivity index (χ0) is 37.1. The van der Waals surface area contributed by atoms with E-state index in [4.69, 9.17) is 30.5 Å². The van der Waals surface area contributed by atoms with E-state index < -0.39 is 44.0 Å². The molecule has 0 radical (unpaired) electrons. The highest BCUT2D eigenvalue weighted by molar-refractivity contribution is 7.93. The molecule has 1 aromatic heterocycles. The highest BCUT2D eigenvalue weighted by Crippen LogP contribution is 2.37. The third-order valence-corrected chi connectivity index (χ3v) is 11.4. The number of ether oxygens (including phenoxy) is 4. The monoisotopic (exact) mass is 763 g/mol. The summed E-state index contributed by atoms with van der Waals surface area (Å²) in [5.74, 6) is -2.37. The van der Waals surface area contributed by atoms with E-state index in [-0.39, 0.29) is 36.7 Å². The quantitative estimate of drug-likeness (QED) is 0.151. The van der Waals surface area contributed by atoms with Crippen LogP contribution in [0.3, 0.4) is 0 Å². The number of hydrogen-bond donors (Lipinski definition) is 0. The topological polar surface area (TPSA) is 108 Å². The minimum absolute atomic E-state index is 0.0607. The van der Waals surface area contributed by atoms with Crippen LogP contribution in [-0.2, 0) is 21.3 Å². The molecule has 0 spiro atoms. The van der Waals surface area contributed by atoms with Crippen molar-refractivity contribution in [3.05, 3.63) is 93.5 Å². The molecule has 2 atom stereocenters. The van der Waals surface area contributed by atoms with Gasteiger partial charge in [0.2, 0.25) is 0 Å². The molecular formula is C36H40ClF2N3O7S2. The Labute approximate surface area is 305 Å². The average Bonchev–Trinajstić information content (AvgIpc) is 3.52. The van der Waals surface area contributed by atoms with E-state index in [2.05, 4.69) is 4.98 Å². The fraction of sp³-hybridized carbons (Fsp3) is 0.389. The number of sulfonamides is 1. The maximum atomic E-state index is 15.9. The van der Waals surface area contributed by atoms with Gasteiger partial charge in [-0.2, -0.15) is 0 Å². The third-order valence-electron chi connectivity index (χ3n) is 8.32. The number of aryl methyl sites for hydroxylation is 1. The molecule has 3 aromatic carbocycles. The molecule has 5 rings (SSSR count). The summed E-state index contributed by atoms with van der Waals surface area (Å²) >= 11 is 7.21. The summed E-state index contributed by atoms with van der Waals surface area (Å²) < 4.78 is 82.9. The smallest absolute Gasteiger partial charge is 0.410 e. The average molecular weight is 764 g/mol. The lowest BCUT2D eigenvalue weighted by atomic mass is 9.81. The molecule has 1 aliphatic rings. The Morgan fingerprint density at radius 3 is 2.39 bits per heavy atom. The van der Waals surface area contributed by atoms with Crippen LogP contribution in [-0.4, -0.2) is 63.9 Å². The van der Waals surface area contributed by atoms with Crippen LogP contribution in [0.25, 0.3) is 0 Å². The first-order valence-corrected chi connectivity index (χ1v) is 18.7. The molecule has 1 aliphatic heterocycles. The summed E-state index contributed by atoms with van der Waals surface area (Å²) in [6.45, 7) is 7.35. The van der Waals surface area contributed by atoms with E-state index in [0.29, 0.717) is 46.0 Å². The van der Waals surface area contributed by atoms with Crippen LogP contribution in [0, 0.1) is 24.5 Å². The van der Waals surface area contributed by atoms with E-state index >= 15 is 8.78 Å². The molecule has 1 fully saturated rings. The minimum Gasteiger partial charge on any atom is -0.497 e. The molecule has 0 bridgehead atoms. The zero-order valence-corrected chi connectivity index (χ0v) is 31.5. The number of thiazole rings is 1. The fourth-order valence-electron chi connectivity index (χ4n) is 5.83. The number of aromatic nitrogens is 1. The van der Waals surface area contributed by atoms with Gasteiger partial charge in [-0.1, -0.05) is 23.7 Å². The lowest BCUT2D eigenvalue weighted by molar-refractivity contribution is 0.0110. The molecule has 4 aromatic rings. The minimum atomic E-state index is -4.71. The lowest BCUT2D eigenvalue weighted by Gasteiger charge is -2.39. The van der Waals surface area contributed by atoms with Crippen LogP contribution in [0.5, 0.6) is 17.2 Å². The van der Waals surface area contributed by atoms with Gasteiger partial charge in [0.25, 0.3) is 10.0 Å². The molecule has 274 valence electrons. The van der Waals surface area contributed by atoms with Crippen molar-refractivity contribution >= 4 is 44.2 Å². The number of halogens is 3. The van der Waals surface area contributed by atoms with Crippen LogP contribution >= 0.6 is 22.9 Å². The number of methoxy groups -OCH3 is 2. The number of carbonyl (C=O) groups excluding carboxylic acids is 1. The SMILES string of the molecule is COc1ccc(CN(c2ncc(C)s2)S(=O)(=O)c2cc(F)c(OC[C@@H]3CN(C(=O)OC(C)(C)C)CC[C@H]3c3ccc(Cl)cc3)cc2F)c(OC)c1. The van der Waals surface area contributed by atoms with Gasteiger partial charge >= 0.3 is 6.09 Å². The lowest BCUT2D eigenvalue weighted by Crippen LogP contribution is -2.46. The van der Waals surface area contributed by atoms with Crippen LogP contribution < -0.4 is 18.5 Å². The highest BCUT2D eigenvalue weighted by Gasteiger charge is 2.36. The van der Waals surface area contributed by atoms with Crippen molar-refractivity contribution in [1.82, 2.24) is 9.88 Å². The first-order valence-electron chi connectivity index (χ1n) is 16.1. The fourth-order valence-corrected chi connectivity index (χ4v) is 8.38. The van der Waals surface area contributed by atoms with E-state index in [9.17, 15) is 13.2 Å². The van der Waals surface area contributed by atoms with Crippen LogP contribution in [0.15, 0.2) is 65.7 Å². The van der Waals surface area contributed by atoms with Gasteiger partial charge in [0.1, 0.15) is 27.8 Å². The van der Waals surface area contributed by atoms with Gasteiger partial charge in [-0.05, 0) is 69.9 Å². The van der Waals surface area contributed by atoms with E-state index in [1.807, 2.05) is 12.1 Å². The molecule has 2 heterocycles. The van der Waals surface area contributed by atoms with Gasteiger partial charge in [-0.15, -0.1) is 11.3 Å². The maximum Gasteiger partial charge on any atom is 0.410 e. The first kappa shape index (κ1) is 38.1. The van der Waals surface area contributed by atoms with Crippen molar-refractivity contribution in [1.29, 1.82) is 0 Å². The number of benzene rings is 3. The van der Waals surface area contributed by atoms with Gasteiger partial charge in [-0.3, -0.25) is 0 Å². The number of anilines is 1. The number of nitrogens with zero attached hydrogens (tertiary/aromatic N) is 3. The van der Waals surface area contributed by atoms with Crippen LogP contribution in [0.4, 0.5) is 18.7 Å². The normalized spacial score (nSPS) is 16.5. The van der Waals surface area contributed by atoms with Gasteiger partial charge < -0.3 is 23.8 Å². The Balaban J connectivity index is 1.42. The van der Waals surface area contributed by atoms with E-state index in [0.717, 1.165) is 27.3 Å². The summed E-state index contributed by atoms with van der Waals surface area (Å²) in [7, 11) is -1.79. The Hall–Kier alpha value is -4.14. The highest BCUT2D eigenvalue weighted by atomic mass is 35.5.